The number of nitrogens with zero attached hydrogens (tertiary/aromatic N) is 4. The molecule has 0 aliphatic heterocycles. The molecule has 0 fully saturated rings. The summed E-state index contributed by atoms with van der Waals surface area (Å²) in [5, 5.41) is 0. The Hall–Kier alpha value is -4.60. The van der Waals surface area contributed by atoms with Crippen LogP contribution in [0.3, 0.4) is 0 Å². The Balaban J connectivity index is 1.62. The molecule has 42 heavy (non-hydrogen) atoms. The molecule has 1 atom stereocenters. The van der Waals surface area contributed by atoms with Crippen molar-refractivity contribution in [3.8, 4) is 17.0 Å². The number of hydrogen-bond acceptors (Lipinski definition) is 8. The smallest absolute Gasteiger partial charge is 0.416 e. The molecule has 2 heterocycles. The van der Waals surface area contributed by atoms with Gasteiger partial charge in [-0.15, -0.1) is 0 Å². The molecule has 4 aromatic rings. The van der Waals surface area contributed by atoms with Crippen molar-refractivity contribution in [3.63, 3.8) is 0 Å². The van der Waals surface area contributed by atoms with Gasteiger partial charge in [-0.2, -0.15) is 13.2 Å². The average molecular weight is 656 g/mol. The summed E-state index contributed by atoms with van der Waals surface area (Å²) in [5.41, 5.74) is 3.85. The van der Waals surface area contributed by atoms with Crippen molar-refractivity contribution in [2.24, 2.45) is 5.73 Å². The lowest BCUT2D eigenvalue weighted by atomic mass is 10.1. The maximum atomic E-state index is 15.0. The number of carbonyl (C=O) groups is 2. The molecule has 2 amide bonds. The van der Waals surface area contributed by atoms with E-state index in [9.17, 15) is 31.5 Å². The Morgan fingerprint density at radius 2 is 1.83 bits per heavy atom. The van der Waals surface area contributed by atoms with Gasteiger partial charge in [-0.25, -0.2) is 18.6 Å². The molecule has 0 aliphatic carbocycles. The third kappa shape index (κ3) is 6.99. The SMILES string of the molecule is CN(Cc1cnccn1)C(=O)OCC(Oc1ccc(F)c(C(N)=O)c1F)c1nc(-c2ccc(C(F)(F)F)cc2)c(Br)o1. The van der Waals surface area contributed by atoms with Crippen molar-refractivity contribution in [2.75, 3.05) is 13.7 Å². The van der Waals surface area contributed by atoms with Gasteiger partial charge < -0.3 is 24.5 Å². The van der Waals surface area contributed by atoms with Gasteiger partial charge >= 0.3 is 12.3 Å². The molecule has 0 bridgehead atoms. The van der Waals surface area contributed by atoms with E-state index >= 15 is 0 Å². The van der Waals surface area contributed by atoms with Gasteiger partial charge in [0, 0.05) is 25.0 Å². The minimum absolute atomic E-state index is 0.0232. The van der Waals surface area contributed by atoms with Gasteiger partial charge in [0.15, 0.2) is 16.2 Å². The number of aromatic nitrogens is 3. The fourth-order valence-corrected chi connectivity index (χ4v) is 4.07. The molecule has 10 nitrogen and oxygen atoms in total. The summed E-state index contributed by atoms with van der Waals surface area (Å²) in [4.78, 5) is 37.6. The van der Waals surface area contributed by atoms with Crippen LogP contribution in [0.25, 0.3) is 11.3 Å². The number of halogens is 6. The number of rotatable bonds is 9. The summed E-state index contributed by atoms with van der Waals surface area (Å²) < 4.78 is 84.4. The van der Waals surface area contributed by atoms with Crippen molar-refractivity contribution in [1.29, 1.82) is 0 Å². The molecule has 1 unspecified atom stereocenters. The second-order valence-electron chi connectivity index (χ2n) is 8.58. The zero-order valence-corrected chi connectivity index (χ0v) is 22.9. The van der Waals surface area contributed by atoms with Crippen molar-refractivity contribution in [2.45, 2.75) is 18.8 Å². The number of oxazole rings is 1. The quantitative estimate of drug-likeness (QED) is 0.228. The van der Waals surface area contributed by atoms with Crippen LogP contribution in [0.2, 0.25) is 0 Å². The fraction of sp³-hybridized carbons (Fsp3) is 0.192. The molecule has 0 saturated heterocycles. The van der Waals surface area contributed by atoms with Crippen LogP contribution >= 0.6 is 15.9 Å². The molecule has 2 aromatic carbocycles. The van der Waals surface area contributed by atoms with Crippen molar-refractivity contribution in [1.82, 2.24) is 19.9 Å². The molecular formula is C26H19BrF5N5O5. The topological polar surface area (TPSA) is 134 Å². The van der Waals surface area contributed by atoms with Gasteiger partial charge in [0.2, 0.25) is 12.0 Å². The van der Waals surface area contributed by atoms with E-state index in [1.807, 2.05) is 0 Å². The lowest BCUT2D eigenvalue weighted by Crippen LogP contribution is -2.30. The number of carbonyl (C=O) groups excluding carboxylic acids is 2. The highest BCUT2D eigenvalue weighted by molar-refractivity contribution is 9.10. The van der Waals surface area contributed by atoms with Crippen molar-refractivity contribution >= 4 is 27.9 Å². The summed E-state index contributed by atoms with van der Waals surface area (Å²) >= 11 is 3.14. The molecule has 0 spiro atoms. The van der Waals surface area contributed by atoms with E-state index in [1.54, 1.807) is 0 Å². The summed E-state index contributed by atoms with van der Waals surface area (Å²) in [5.74, 6) is -5.00. The first-order chi connectivity index (χ1) is 19.8. The minimum Gasteiger partial charge on any atom is -0.474 e. The summed E-state index contributed by atoms with van der Waals surface area (Å²) in [6.07, 6.45) is -2.58. The van der Waals surface area contributed by atoms with Crippen LogP contribution in [-0.4, -0.2) is 45.5 Å². The van der Waals surface area contributed by atoms with E-state index in [2.05, 4.69) is 30.9 Å². The number of alkyl halides is 3. The third-order valence-corrected chi connectivity index (χ3v) is 6.16. The van der Waals surface area contributed by atoms with E-state index in [4.69, 9.17) is 19.6 Å². The van der Waals surface area contributed by atoms with Gasteiger partial charge in [0.05, 0.1) is 24.0 Å². The largest absolute Gasteiger partial charge is 0.474 e. The maximum Gasteiger partial charge on any atom is 0.416 e. The van der Waals surface area contributed by atoms with E-state index in [0.29, 0.717) is 5.69 Å². The zero-order chi connectivity index (χ0) is 30.6. The van der Waals surface area contributed by atoms with E-state index in [-0.39, 0.29) is 28.4 Å². The average Bonchev–Trinajstić information content (AvgIpc) is 3.33. The molecule has 0 radical (unpaired) electrons. The van der Waals surface area contributed by atoms with Crippen LogP contribution in [0.15, 0.2) is 64.1 Å². The Labute approximate surface area is 242 Å². The molecule has 4 rings (SSSR count). The number of ether oxygens (including phenoxy) is 2. The number of benzene rings is 2. The highest BCUT2D eigenvalue weighted by atomic mass is 79.9. The van der Waals surface area contributed by atoms with E-state index < -0.39 is 59.4 Å². The zero-order valence-electron chi connectivity index (χ0n) is 21.4. The summed E-state index contributed by atoms with van der Waals surface area (Å²) in [6.45, 7) is -0.610. The first kappa shape index (κ1) is 30.4. The Morgan fingerprint density at radius 3 is 2.45 bits per heavy atom. The minimum atomic E-state index is -4.56. The van der Waals surface area contributed by atoms with Crippen LogP contribution in [0, 0.1) is 11.6 Å². The van der Waals surface area contributed by atoms with Crippen LogP contribution in [0.4, 0.5) is 26.7 Å². The molecular weight excluding hydrogens is 637 g/mol. The Kier molecular flexibility index (Phi) is 9.04. The first-order valence-corrected chi connectivity index (χ1v) is 12.6. The molecule has 2 N–H and O–H groups in total. The van der Waals surface area contributed by atoms with Crippen molar-refractivity contribution < 1.29 is 45.4 Å². The molecule has 16 heteroatoms. The summed E-state index contributed by atoms with van der Waals surface area (Å²) in [6, 6.07) is 5.63. The van der Waals surface area contributed by atoms with E-state index in [0.717, 1.165) is 41.3 Å². The van der Waals surface area contributed by atoms with Crippen LogP contribution in [0.1, 0.15) is 33.6 Å². The Bertz CT molecular complexity index is 1590. The first-order valence-electron chi connectivity index (χ1n) is 11.8. The van der Waals surface area contributed by atoms with Gasteiger partial charge in [-0.05, 0) is 40.2 Å². The lowest BCUT2D eigenvalue weighted by molar-refractivity contribution is -0.137. The van der Waals surface area contributed by atoms with E-state index in [1.165, 1.54) is 25.6 Å². The monoisotopic (exact) mass is 655 g/mol. The van der Waals surface area contributed by atoms with Gasteiger partial charge in [-0.1, -0.05) is 12.1 Å². The number of hydrogen-bond donors (Lipinski definition) is 1. The summed E-state index contributed by atoms with van der Waals surface area (Å²) in [7, 11) is 1.41. The molecule has 0 saturated carbocycles. The highest BCUT2D eigenvalue weighted by Gasteiger charge is 2.31. The predicted molar refractivity (Wildman–Crippen MR) is 138 cm³/mol. The lowest BCUT2D eigenvalue weighted by Gasteiger charge is -2.20. The van der Waals surface area contributed by atoms with Gasteiger partial charge in [0.1, 0.15) is 23.7 Å². The number of nitrogens with two attached hydrogens (primary N) is 1. The fourth-order valence-electron chi connectivity index (χ4n) is 3.59. The van der Waals surface area contributed by atoms with Crippen LogP contribution in [-0.2, 0) is 17.5 Å². The second kappa shape index (κ2) is 12.5. The number of amides is 2. The van der Waals surface area contributed by atoms with Gasteiger partial charge in [-0.3, -0.25) is 14.8 Å². The van der Waals surface area contributed by atoms with Crippen LogP contribution in [0.5, 0.6) is 5.75 Å². The Morgan fingerprint density at radius 1 is 1.12 bits per heavy atom. The molecule has 2 aromatic heterocycles. The standard InChI is InChI=1S/C26H19BrF5N5O5/c1-37(11-15-10-34-8-9-35-15)25(39)40-12-18(41-17-7-6-16(28)19(20(17)29)23(33)38)24-36-21(22(27)42-24)13-2-4-14(5-3-13)26(30,31)32/h2-10,18H,11-12H2,1H3,(H2,33,38). The second-order valence-corrected chi connectivity index (χ2v) is 9.30. The number of primary amides is 1. The molecule has 220 valence electrons. The van der Waals surface area contributed by atoms with Crippen molar-refractivity contribution in [3.05, 3.63) is 94.0 Å². The maximum absolute atomic E-state index is 15.0. The van der Waals surface area contributed by atoms with Crippen LogP contribution < -0.4 is 10.5 Å². The molecule has 0 aliphatic rings. The van der Waals surface area contributed by atoms with Gasteiger partial charge in [0.25, 0.3) is 5.91 Å². The normalized spacial score (nSPS) is 12.1. The third-order valence-electron chi connectivity index (χ3n) is 5.62. The predicted octanol–water partition coefficient (Wildman–Crippen LogP) is 5.68. The highest BCUT2D eigenvalue weighted by Crippen LogP contribution is 2.36.